The zero-order chi connectivity index (χ0) is 27.1. The number of hydrogen-bond acceptors (Lipinski definition) is 4. The molecule has 0 fully saturated rings. The summed E-state index contributed by atoms with van der Waals surface area (Å²) in [7, 11) is 1.80. The summed E-state index contributed by atoms with van der Waals surface area (Å²) in [5, 5.41) is 15.1. The minimum absolute atomic E-state index is 0.208. The maximum absolute atomic E-state index is 13.6. The van der Waals surface area contributed by atoms with Crippen molar-refractivity contribution in [3.63, 3.8) is 0 Å². The normalized spacial score (nSPS) is 11.1. The second-order valence-corrected chi connectivity index (χ2v) is 9.56. The van der Waals surface area contributed by atoms with Crippen molar-refractivity contribution < 1.29 is 14.4 Å². The average molecular weight is 512 g/mol. The molecule has 0 aromatic heterocycles. The quantitative estimate of drug-likeness (QED) is 0.161. The Hall–Kier alpha value is -5.23. The number of nitrogens with one attached hydrogen (secondary N) is 3. The lowest BCUT2D eigenvalue weighted by atomic mass is 9.92. The number of carbonyl (C=O) groups excluding carboxylic acids is 3. The van der Waals surface area contributed by atoms with Crippen molar-refractivity contribution in [1.82, 2.24) is 0 Å². The molecule has 39 heavy (non-hydrogen) atoms. The van der Waals surface area contributed by atoms with Gasteiger partial charge in [0.2, 0.25) is 0 Å². The fraction of sp³-hybridized carbons (Fsp3) is 0.0606. The second kappa shape index (κ2) is 9.58. The highest BCUT2D eigenvalue weighted by Gasteiger charge is 2.17. The molecular weight excluding hydrogens is 486 g/mol. The third-order valence-corrected chi connectivity index (χ3v) is 7.04. The van der Waals surface area contributed by atoms with Crippen LogP contribution in [0.2, 0.25) is 0 Å². The molecule has 190 valence electrons. The van der Waals surface area contributed by atoms with Crippen molar-refractivity contribution in [3.8, 4) is 0 Å². The minimum Gasteiger partial charge on any atom is -0.388 e. The number of ketones is 1. The Kier molecular flexibility index (Phi) is 5.92. The summed E-state index contributed by atoms with van der Waals surface area (Å²) < 4.78 is 0. The van der Waals surface area contributed by atoms with Crippen molar-refractivity contribution >= 4 is 67.0 Å². The predicted octanol–water partition coefficient (Wildman–Crippen LogP) is 7.33. The summed E-state index contributed by atoms with van der Waals surface area (Å²) in [6.07, 6.45) is 0. The molecule has 0 bridgehead atoms. The zero-order valence-corrected chi connectivity index (χ0v) is 21.5. The zero-order valence-electron chi connectivity index (χ0n) is 21.5. The summed E-state index contributed by atoms with van der Waals surface area (Å²) >= 11 is 0. The Morgan fingerprint density at radius 2 is 1.18 bits per heavy atom. The van der Waals surface area contributed by atoms with Crippen LogP contribution in [0.4, 0.5) is 17.1 Å². The molecule has 6 nitrogen and oxygen atoms in total. The van der Waals surface area contributed by atoms with E-state index >= 15 is 0 Å². The summed E-state index contributed by atoms with van der Waals surface area (Å²) in [4.78, 5) is 39.0. The van der Waals surface area contributed by atoms with Crippen LogP contribution in [-0.4, -0.2) is 24.6 Å². The summed E-state index contributed by atoms with van der Waals surface area (Å²) in [6.45, 7) is 1.43. The van der Waals surface area contributed by atoms with Crippen LogP contribution in [0.15, 0.2) is 97.1 Å². The largest absolute Gasteiger partial charge is 0.388 e. The standard InChI is InChI=1S/C33H25N3O3/c1-19(37)23-15-24(32(38)35-26-8-4-7-25(18-26)34-2)17-27(16-23)36-33(39)29-14-12-22-10-9-20-5-3-6-21-11-13-28(29)31(22)30(20)21/h3-18,34H,1-2H3,(H,35,38)(H,36,39). The van der Waals surface area contributed by atoms with Gasteiger partial charge in [0.05, 0.1) is 0 Å². The Balaban J connectivity index is 1.36. The van der Waals surface area contributed by atoms with Crippen molar-refractivity contribution in [2.75, 3.05) is 23.0 Å². The lowest BCUT2D eigenvalue weighted by Gasteiger charge is -2.15. The molecule has 0 aliphatic rings. The van der Waals surface area contributed by atoms with Crippen LogP contribution in [0.3, 0.4) is 0 Å². The monoisotopic (exact) mass is 511 g/mol. The Morgan fingerprint density at radius 3 is 1.92 bits per heavy atom. The molecule has 6 heteroatoms. The van der Waals surface area contributed by atoms with E-state index in [-0.39, 0.29) is 23.2 Å². The lowest BCUT2D eigenvalue weighted by Crippen LogP contribution is -2.16. The SMILES string of the molecule is CNc1cccc(NC(=O)c2cc(NC(=O)c3ccc4ccc5cccc6ccc3c4c56)cc(C(C)=O)c2)c1. The molecule has 6 aromatic carbocycles. The van der Waals surface area contributed by atoms with Gasteiger partial charge >= 0.3 is 0 Å². The van der Waals surface area contributed by atoms with Gasteiger partial charge in [0.15, 0.2) is 5.78 Å². The fourth-order valence-corrected chi connectivity index (χ4v) is 5.12. The number of hydrogen-bond donors (Lipinski definition) is 3. The molecule has 0 atom stereocenters. The van der Waals surface area contributed by atoms with Gasteiger partial charge in [-0.05, 0) is 81.7 Å². The molecule has 0 heterocycles. The van der Waals surface area contributed by atoms with E-state index in [1.165, 1.54) is 13.0 Å². The van der Waals surface area contributed by atoms with E-state index < -0.39 is 0 Å². The maximum Gasteiger partial charge on any atom is 0.256 e. The molecule has 0 aliphatic heterocycles. The van der Waals surface area contributed by atoms with Gasteiger partial charge in [0.1, 0.15) is 0 Å². The lowest BCUT2D eigenvalue weighted by molar-refractivity contribution is 0.101. The minimum atomic E-state index is -0.385. The van der Waals surface area contributed by atoms with E-state index in [4.69, 9.17) is 0 Å². The smallest absolute Gasteiger partial charge is 0.256 e. The molecule has 6 aromatic rings. The van der Waals surface area contributed by atoms with Crippen molar-refractivity contribution in [2.45, 2.75) is 6.92 Å². The van der Waals surface area contributed by atoms with E-state index in [9.17, 15) is 14.4 Å². The number of benzene rings is 6. The van der Waals surface area contributed by atoms with Crippen molar-refractivity contribution in [3.05, 3.63) is 114 Å². The Labute approximate surface area is 225 Å². The molecule has 6 rings (SSSR count). The van der Waals surface area contributed by atoms with Gasteiger partial charge in [0.25, 0.3) is 11.8 Å². The van der Waals surface area contributed by atoms with E-state index in [1.54, 1.807) is 25.2 Å². The van der Waals surface area contributed by atoms with Crippen LogP contribution in [0.25, 0.3) is 32.3 Å². The number of amides is 2. The van der Waals surface area contributed by atoms with Crippen LogP contribution in [0.5, 0.6) is 0 Å². The van der Waals surface area contributed by atoms with Gasteiger partial charge in [-0.1, -0.05) is 54.6 Å². The molecule has 0 radical (unpaired) electrons. The van der Waals surface area contributed by atoms with Crippen molar-refractivity contribution in [2.24, 2.45) is 0 Å². The van der Waals surface area contributed by atoms with Gasteiger partial charge in [0, 0.05) is 40.8 Å². The molecule has 0 saturated carbocycles. The van der Waals surface area contributed by atoms with Gasteiger partial charge in [-0.15, -0.1) is 0 Å². The number of anilines is 3. The van der Waals surface area contributed by atoms with Gasteiger partial charge in [-0.3, -0.25) is 14.4 Å². The first kappa shape index (κ1) is 24.1. The van der Waals surface area contributed by atoms with Crippen LogP contribution in [-0.2, 0) is 0 Å². The highest BCUT2D eigenvalue weighted by atomic mass is 16.2. The first-order valence-electron chi connectivity index (χ1n) is 12.6. The first-order valence-corrected chi connectivity index (χ1v) is 12.6. The number of rotatable bonds is 6. The van der Waals surface area contributed by atoms with E-state index in [0.29, 0.717) is 22.5 Å². The topological polar surface area (TPSA) is 87.3 Å². The Morgan fingerprint density at radius 1 is 0.564 bits per heavy atom. The highest BCUT2D eigenvalue weighted by molar-refractivity contribution is 6.27. The molecule has 0 saturated heterocycles. The van der Waals surface area contributed by atoms with Crippen LogP contribution in [0, 0.1) is 0 Å². The number of carbonyl (C=O) groups is 3. The van der Waals surface area contributed by atoms with Crippen molar-refractivity contribution in [1.29, 1.82) is 0 Å². The summed E-state index contributed by atoms with van der Waals surface area (Å²) in [6, 6.07) is 30.1. The Bertz CT molecular complexity index is 1910. The van der Waals surface area contributed by atoms with E-state index in [1.807, 2.05) is 48.5 Å². The molecule has 0 aliphatic carbocycles. The molecule has 0 unspecified atom stereocenters. The van der Waals surface area contributed by atoms with Gasteiger partial charge in [-0.2, -0.15) is 0 Å². The third-order valence-electron chi connectivity index (χ3n) is 7.04. The van der Waals surface area contributed by atoms with Gasteiger partial charge < -0.3 is 16.0 Å². The average Bonchev–Trinajstić information content (AvgIpc) is 2.95. The molecule has 3 N–H and O–H groups in total. The van der Waals surface area contributed by atoms with E-state index in [2.05, 4.69) is 40.2 Å². The number of Topliss-reactive ketones (excluding diaryl/α,β-unsaturated/α-hetero) is 1. The molecule has 2 amide bonds. The molecule has 0 spiro atoms. The van der Waals surface area contributed by atoms with Gasteiger partial charge in [-0.25, -0.2) is 0 Å². The third kappa shape index (κ3) is 4.42. The van der Waals surface area contributed by atoms with Crippen LogP contribution >= 0.6 is 0 Å². The maximum atomic E-state index is 13.6. The summed E-state index contributed by atoms with van der Waals surface area (Å²) in [5.41, 5.74) is 2.95. The predicted molar refractivity (Wildman–Crippen MR) is 158 cm³/mol. The highest BCUT2D eigenvalue weighted by Crippen LogP contribution is 2.36. The summed E-state index contributed by atoms with van der Waals surface area (Å²) in [5.74, 6) is -0.911. The molecular formula is C33H25N3O3. The van der Waals surface area contributed by atoms with Crippen LogP contribution < -0.4 is 16.0 Å². The fourth-order valence-electron chi connectivity index (χ4n) is 5.12. The first-order chi connectivity index (χ1) is 18.9. The van der Waals surface area contributed by atoms with Crippen LogP contribution in [0.1, 0.15) is 38.0 Å². The van der Waals surface area contributed by atoms with E-state index in [0.717, 1.165) is 38.0 Å². The second-order valence-electron chi connectivity index (χ2n) is 9.56.